The Morgan fingerprint density at radius 2 is 2.05 bits per heavy atom. The van der Waals surface area contributed by atoms with Gasteiger partial charge in [0.25, 0.3) is 0 Å². The van der Waals surface area contributed by atoms with E-state index in [-0.39, 0.29) is 0 Å². The van der Waals surface area contributed by atoms with Crippen molar-refractivity contribution in [3.05, 3.63) is 29.8 Å². The molecule has 1 fully saturated rings. The molecule has 22 heavy (non-hydrogen) atoms. The van der Waals surface area contributed by atoms with Gasteiger partial charge in [-0.15, -0.1) is 0 Å². The highest BCUT2D eigenvalue weighted by molar-refractivity contribution is 5.72. The number of benzene rings is 1. The van der Waals surface area contributed by atoms with E-state index in [9.17, 15) is 0 Å². The SMILES string of the molecule is CCOC(=N)CCCOc1cccc(CN2CCCCC2)c1. The van der Waals surface area contributed by atoms with Gasteiger partial charge in [0.1, 0.15) is 5.75 Å². The van der Waals surface area contributed by atoms with Crippen molar-refractivity contribution in [3.63, 3.8) is 0 Å². The van der Waals surface area contributed by atoms with Gasteiger partial charge in [0.15, 0.2) is 5.90 Å². The Morgan fingerprint density at radius 3 is 2.82 bits per heavy atom. The van der Waals surface area contributed by atoms with Gasteiger partial charge >= 0.3 is 0 Å². The molecule has 0 atom stereocenters. The zero-order valence-corrected chi connectivity index (χ0v) is 13.6. The van der Waals surface area contributed by atoms with Crippen molar-refractivity contribution in [1.29, 1.82) is 5.41 Å². The van der Waals surface area contributed by atoms with Gasteiger partial charge < -0.3 is 9.47 Å². The number of piperidine rings is 1. The zero-order valence-electron chi connectivity index (χ0n) is 13.6. The Hall–Kier alpha value is -1.55. The number of likely N-dealkylation sites (tertiary alicyclic amines) is 1. The third kappa shape index (κ3) is 6.06. The fourth-order valence-electron chi connectivity index (χ4n) is 2.78. The summed E-state index contributed by atoms with van der Waals surface area (Å²) in [5.41, 5.74) is 1.32. The average Bonchev–Trinajstić information content (AvgIpc) is 2.53. The van der Waals surface area contributed by atoms with Crippen molar-refractivity contribution in [2.24, 2.45) is 0 Å². The number of nitrogens with one attached hydrogen (secondary N) is 1. The monoisotopic (exact) mass is 304 g/mol. The Labute approximate surface area is 133 Å². The van der Waals surface area contributed by atoms with Crippen LogP contribution in [0.5, 0.6) is 5.75 Å². The molecular weight excluding hydrogens is 276 g/mol. The molecule has 1 aromatic rings. The van der Waals surface area contributed by atoms with Crippen LogP contribution >= 0.6 is 0 Å². The molecule has 122 valence electrons. The molecule has 0 spiro atoms. The van der Waals surface area contributed by atoms with Crippen LogP contribution in [-0.4, -0.2) is 37.1 Å². The summed E-state index contributed by atoms with van der Waals surface area (Å²) >= 11 is 0. The summed E-state index contributed by atoms with van der Waals surface area (Å²) in [5, 5.41) is 7.57. The van der Waals surface area contributed by atoms with Gasteiger partial charge in [0.05, 0.1) is 13.2 Å². The summed E-state index contributed by atoms with van der Waals surface area (Å²) in [5.74, 6) is 1.28. The number of hydrogen-bond donors (Lipinski definition) is 1. The minimum absolute atomic E-state index is 0.352. The van der Waals surface area contributed by atoms with Crippen LogP contribution in [0.3, 0.4) is 0 Å². The third-order valence-corrected chi connectivity index (χ3v) is 3.89. The first kappa shape index (κ1) is 16.8. The molecule has 1 N–H and O–H groups in total. The Balaban J connectivity index is 1.72. The molecule has 1 aromatic carbocycles. The van der Waals surface area contributed by atoms with Gasteiger partial charge in [-0.25, -0.2) is 0 Å². The molecule has 0 aliphatic carbocycles. The van der Waals surface area contributed by atoms with Crippen LogP contribution in [0.4, 0.5) is 0 Å². The molecule has 1 aliphatic rings. The summed E-state index contributed by atoms with van der Waals surface area (Å²) in [6.07, 6.45) is 5.47. The first-order valence-electron chi connectivity index (χ1n) is 8.42. The molecule has 2 rings (SSSR count). The van der Waals surface area contributed by atoms with E-state index >= 15 is 0 Å². The second-order valence-corrected chi connectivity index (χ2v) is 5.79. The normalized spacial score (nSPS) is 15.5. The molecule has 0 amide bonds. The topological polar surface area (TPSA) is 45.6 Å². The molecule has 0 bridgehead atoms. The molecular formula is C18H28N2O2. The van der Waals surface area contributed by atoms with E-state index in [1.807, 2.05) is 13.0 Å². The maximum absolute atomic E-state index is 7.57. The first-order chi connectivity index (χ1) is 10.8. The highest BCUT2D eigenvalue weighted by Gasteiger charge is 2.10. The van der Waals surface area contributed by atoms with E-state index in [4.69, 9.17) is 14.9 Å². The van der Waals surface area contributed by atoms with Crippen molar-refractivity contribution in [3.8, 4) is 5.75 Å². The Kier molecular flexibility index (Phi) is 7.23. The summed E-state index contributed by atoms with van der Waals surface area (Å²) in [6.45, 7) is 6.54. The van der Waals surface area contributed by atoms with Crippen molar-refractivity contribution in [2.45, 2.75) is 45.6 Å². The highest BCUT2D eigenvalue weighted by Crippen LogP contribution is 2.17. The van der Waals surface area contributed by atoms with Gasteiger partial charge in [0.2, 0.25) is 0 Å². The molecule has 4 heteroatoms. The molecule has 1 saturated heterocycles. The molecule has 1 heterocycles. The fraction of sp³-hybridized carbons (Fsp3) is 0.611. The average molecular weight is 304 g/mol. The number of nitrogens with zero attached hydrogens (tertiary/aromatic N) is 1. The van der Waals surface area contributed by atoms with Crippen LogP contribution < -0.4 is 4.74 Å². The second-order valence-electron chi connectivity index (χ2n) is 5.79. The maximum Gasteiger partial charge on any atom is 0.180 e. The molecule has 1 aliphatic heterocycles. The van der Waals surface area contributed by atoms with E-state index in [2.05, 4.69) is 23.1 Å². The minimum Gasteiger partial charge on any atom is -0.494 e. The van der Waals surface area contributed by atoms with Gasteiger partial charge in [-0.05, 0) is 57.0 Å². The maximum atomic E-state index is 7.57. The van der Waals surface area contributed by atoms with E-state index in [0.717, 1.165) is 18.7 Å². The summed E-state index contributed by atoms with van der Waals surface area (Å²) in [7, 11) is 0. The van der Waals surface area contributed by atoms with E-state index in [1.165, 1.54) is 37.9 Å². The lowest BCUT2D eigenvalue weighted by atomic mass is 10.1. The number of ether oxygens (including phenoxy) is 2. The number of rotatable bonds is 8. The van der Waals surface area contributed by atoms with Crippen molar-refractivity contribution in [1.82, 2.24) is 4.90 Å². The van der Waals surface area contributed by atoms with Crippen LogP contribution in [0.2, 0.25) is 0 Å². The summed E-state index contributed by atoms with van der Waals surface area (Å²) < 4.78 is 10.9. The standard InChI is InChI=1S/C18H28N2O2/c1-2-21-18(19)10-7-13-22-17-9-6-8-16(14-17)15-20-11-4-3-5-12-20/h6,8-9,14,19H,2-5,7,10-13,15H2,1H3. The fourth-order valence-corrected chi connectivity index (χ4v) is 2.78. The summed E-state index contributed by atoms with van der Waals surface area (Å²) in [4.78, 5) is 2.52. The van der Waals surface area contributed by atoms with E-state index in [0.29, 0.717) is 25.5 Å². The smallest absolute Gasteiger partial charge is 0.180 e. The molecule has 0 radical (unpaired) electrons. The lowest BCUT2D eigenvalue weighted by molar-refractivity contribution is 0.220. The lowest BCUT2D eigenvalue weighted by Gasteiger charge is -2.26. The van der Waals surface area contributed by atoms with E-state index < -0.39 is 0 Å². The quantitative estimate of drug-likeness (QED) is 0.451. The van der Waals surface area contributed by atoms with Crippen molar-refractivity contribution < 1.29 is 9.47 Å². The molecule has 0 saturated carbocycles. The van der Waals surface area contributed by atoms with Gasteiger partial charge in [-0.1, -0.05) is 18.6 Å². The van der Waals surface area contributed by atoms with Crippen LogP contribution in [0.15, 0.2) is 24.3 Å². The molecule has 0 aromatic heterocycles. The largest absolute Gasteiger partial charge is 0.494 e. The highest BCUT2D eigenvalue weighted by atomic mass is 16.5. The Morgan fingerprint density at radius 1 is 1.23 bits per heavy atom. The molecule has 4 nitrogen and oxygen atoms in total. The van der Waals surface area contributed by atoms with Crippen LogP contribution in [0, 0.1) is 5.41 Å². The van der Waals surface area contributed by atoms with Crippen molar-refractivity contribution in [2.75, 3.05) is 26.3 Å². The van der Waals surface area contributed by atoms with Gasteiger partial charge in [-0.3, -0.25) is 10.3 Å². The Bertz CT molecular complexity index is 456. The third-order valence-electron chi connectivity index (χ3n) is 3.89. The van der Waals surface area contributed by atoms with Crippen LogP contribution in [0.1, 0.15) is 44.6 Å². The second kappa shape index (κ2) is 9.46. The summed E-state index contributed by atoms with van der Waals surface area (Å²) in [6, 6.07) is 8.39. The predicted molar refractivity (Wildman–Crippen MR) is 89.7 cm³/mol. The van der Waals surface area contributed by atoms with Gasteiger partial charge in [-0.2, -0.15) is 0 Å². The predicted octanol–water partition coefficient (Wildman–Crippen LogP) is 3.85. The van der Waals surface area contributed by atoms with Crippen molar-refractivity contribution >= 4 is 5.90 Å². The van der Waals surface area contributed by atoms with Crippen LogP contribution in [0.25, 0.3) is 0 Å². The first-order valence-corrected chi connectivity index (χ1v) is 8.42. The molecule has 0 unspecified atom stereocenters. The zero-order chi connectivity index (χ0) is 15.6. The van der Waals surface area contributed by atoms with Gasteiger partial charge in [0, 0.05) is 13.0 Å². The lowest BCUT2D eigenvalue weighted by Crippen LogP contribution is -2.29. The van der Waals surface area contributed by atoms with Crippen LogP contribution in [-0.2, 0) is 11.3 Å². The number of hydrogen-bond acceptors (Lipinski definition) is 4. The minimum atomic E-state index is 0.352. The van der Waals surface area contributed by atoms with E-state index in [1.54, 1.807) is 0 Å².